The van der Waals surface area contributed by atoms with Crippen LogP contribution in [0.15, 0.2) is 30.3 Å². The maximum atomic E-state index is 14.3. The lowest BCUT2D eigenvalue weighted by molar-refractivity contribution is 0.0718. The molecule has 1 heterocycles. The third-order valence-corrected chi connectivity index (χ3v) is 5.11. The fourth-order valence-electron chi connectivity index (χ4n) is 3.47. The van der Waals surface area contributed by atoms with E-state index in [1.54, 1.807) is 16.7 Å². The van der Waals surface area contributed by atoms with Crippen molar-refractivity contribution in [3.8, 4) is 0 Å². The Morgan fingerprint density at radius 2 is 1.77 bits per heavy atom. The number of carbonyl (C=O) groups excluding carboxylic acids is 1. The highest BCUT2D eigenvalue weighted by Crippen LogP contribution is 2.23. The number of carbonyl (C=O) groups is 1. The average Bonchev–Trinajstić information content (AvgIpc) is 3.07. The molecule has 0 saturated carbocycles. The van der Waals surface area contributed by atoms with Gasteiger partial charge in [0.15, 0.2) is 17.5 Å². The summed E-state index contributed by atoms with van der Waals surface area (Å²) in [5, 5.41) is 0. The monoisotopic (exact) mass is 435 g/mol. The fourth-order valence-corrected chi connectivity index (χ4v) is 3.47. The molecular formula is C23H25F4N3O. The molecule has 0 radical (unpaired) electrons. The van der Waals surface area contributed by atoms with Gasteiger partial charge in [-0.1, -0.05) is 26.8 Å². The van der Waals surface area contributed by atoms with Crippen molar-refractivity contribution in [2.24, 2.45) is 5.92 Å². The lowest BCUT2D eigenvalue weighted by Crippen LogP contribution is -2.34. The normalized spacial score (nSPS) is 11.5. The number of imidazole rings is 1. The Kier molecular flexibility index (Phi) is 6.97. The molecule has 4 nitrogen and oxygen atoms in total. The lowest BCUT2D eigenvalue weighted by Gasteiger charge is -2.24. The summed E-state index contributed by atoms with van der Waals surface area (Å²) >= 11 is 0. The molecule has 8 heteroatoms. The van der Waals surface area contributed by atoms with Gasteiger partial charge in [0.2, 0.25) is 0 Å². The van der Waals surface area contributed by atoms with Crippen LogP contribution in [0.5, 0.6) is 0 Å². The van der Waals surface area contributed by atoms with Gasteiger partial charge >= 0.3 is 0 Å². The molecule has 0 fully saturated rings. The number of hydrogen-bond acceptors (Lipinski definition) is 2. The topological polar surface area (TPSA) is 38.1 Å². The van der Waals surface area contributed by atoms with Gasteiger partial charge in [-0.3, -0.25) is 4.79 Å². The number of benzene rings is 2. The van der Waals surface area contributed by atoms with Crippen LogP contribution in [0.25, 0.3) is 11.0 Å². The molecule has 0 N–H and O–H groups in total. The molecule has 0 aliphatic rings. The molecule has 31 heavy (non-hydrogen) atoms. The highest BCUT2D eigenvalue weighted by molar-refractivity contribution is 5.94. The molecule has 1 aromatic heterocycles. The van der Waals surface area contributed by atoms with Gasteiger partial charge < -0.3 is 9.47 Å². The number of rotatable bonds is 8. The van der Waals surface area contributed by atoms with Gasteiger partial charge in [-0.05, 0) is 43.0 Å². The van der Waals surface area contributed by atoms with Crippen LogP contribution in [0.1, 0.15) is 49.8 Å². The van der Waals surface area contributed by atoms with Crippen molar-refractivity contribution in [3.63, 3.8) is 0 Å². The summed E-state index contributed by atoms with van der Waals surface area (Å²) in [6.45, 7) is 6.48. The molecule has 0 unspecified atom stereocenters. The average molecular weight is 435 g/mol. The standard InChI is InChI=1S/C23H25F4N3O/c1-4-11-30-18-7-5-6-17(26)22(18)28-19(30)13-29(12-10-14(2)3)23(31)20-15(24)8-9-16(25)21(20)27/h5-9,14H,4,10-13H2,1-3H3. The van der Waals surface area contributed by atoms with Crippen LogP contribution in [0.2, 0.25) is 0 Å². The highest BCUT2D eigenvalue weighted by Gasteiger charge is 2.27. The Labute approximate surface area is 178 Å². The van der Waals surface area contributed by atoms with Crippen LogP contribution >= 0.6 is 0 Å². The van der Waals surface area contributed by atoms with Crippen molar-refractivity contribution >= 4 is 16.9 Å². The first-order valence-electron chi connectivity index (χ1n) is 10.3. The van der Waals surface area contributed by atoms with Crippen molar-refractivity contribution in [2.45, 2.75) is 46.7 Å². The number of fused-ring (bicyclic) bond motifs is 1. The fraction of sp³-hybridized carbons (Fsp3) is 0.391. The second-order valence-electron chi connectivity index (χ2n) is 7.91. The van der Waals surface area contributed by atoms with E-state index in [0.717, 1.165) is 12.5 Å². The zero-order chi connectivity index (χ0) is 22.7. The van der Waals surface area contributed by atoms with Gasteiger partial charge in [0.1, 0.15) is 22.7 Å². The summed E-state index contributed by atoms with van der Waals surface area (Å²) in [6, 6.07) is 5.98. The second kappa shape index (κ2) is 9.49. The minimum Gasteiger partial charge on any atom is -0.331 e. The molecule has 0 atom stereocenters. The van der Waals surface area contributed by atoms with Crippen molar-refractivity contribution in [3.05, 3.63) is 65.0 Å². The summed E-state index contributed by atoms with van der Waals surface area (Å²) in [5.41, 5.74) is -0.186. The second-order valence-corrected chi connectivity index (χ2v) is 7.91. The number of aromatic nitrogens is 2. The smallest absolute Gasteiger partial charge is 0.260 e. The summed E-state index contributed by atoms with van der Waals surface area (Å²) in [4.78, 5) is 18.7. The molecule has 0 spiro atoms. The van der Waals surface area contributed by atoms with Gasteiger partial charge in [-0.2, -0.15) is 0 Å². The number of para-hydroxylation sites is 1. The minimum absolute atomic E-state index is 0.0882. The number of aryl methyl sites for hydroxylation is 1. The Bertz CT molecular complexity index is 1090. The van der Waals surface area contributed by atoms with Crippen molar-refractivity contribution in [1.82, 2.24) is 14.5 Å². The highest BCUT2D eigenvalue weighted by atomic mass is 19.2. The van der Waals surface area contributed by atoms with Crippen LogP contribution in [0.4, 0.5) is 17.6 Å². The molecule has 3 rings (SSSR count). The summed E-state index contributed by atoms with van der Waals surface area (Å²) in [7, 11) is 0. The first kappa shape index (κ1) is 22.8. The molecule has 166 valence electrons. The number of amides is 1. The van der Waals surface area contributed by atoms with Gasteiger partial charge in [0, 0.05) is 13.1 Å². The predicted molar refractivity (Wildman–Crippen MR) is 110 cm³/mol. The van der Waals surface area contributed by atoms with Gasteiger partial charge in [0.25, 0.3) is 5.91 Å². The van der Waals surface area contributed by atoms with E-state index in [-0.39, 0.29) is 24.5 Å². The van der Waals surface area contributed by atoms with E-state index < -0.39 is 34.7 Å². The SMILES string of the molecule is CCCn1c(CN(CCC(C)C)C(=O)c2c(F)ccc(F)c2F)nc2c(F)cccc21. The van der Waals surface area contributed by atoms with Crippen LogP contribution in [-0.2, 0) is 13.1 Å². The molecule has 0 aliphatic heterocycles. The Balaban J connectivity index is 2.05. The van der Waals surface area contributed by atoms with E-state index in [9.17, 15) is 22.4 Å². The third kappa shape index (κ3) is 4.73. The minimum atomic E-state index is -1.52. The Morgan fingerprint density at radius 3 is 2.45 bits per heavy atom. The maximum Gasteiger partial charge on any atom is 0.260 e. The Morgan fingerprint density at radius 1 is 1.06 bits per heavy atom. The number of nitrogens with zero attached hydrogens (tertiary/aromatic N) is 3. The van der Waals surface area contributed by atoms with Crippen LogP contribution in [0, 0.1) is 29.2 Å². The molecule has 0 aliphatic carbocycles. The van der Waals surface area contributed by atoms with Crippen LogP contribution in [-0.4, -0.2) is 26.9 Å². The van der Waals surface area contributed by atoms with Crippen molar-refractivity contribution in [1.29, 1.82) is 0 Å². The Hall–Kier alpha value is -2.90. The summed E-state index contributed by atoms with van der Waals surface area (Å²) < 4.78 is 58.4. The van der Waals surface area contributed by atoms with Crippen molar-refractivity contribution < 1.29 is 22.4 Å². The first-order chi connectivity index (χ1) is 14.7. The van der Waals surface area contributed by atoms with Crippen LogP contribution in [0.3, 0.4) is 0 Å². The van der Waals surface area contributed by atoms with E-state index in [1.807, 2.05) is 20.8 Å². The molecule has 0 bridgehead atoms. The van der Waals surface area contributed by atoms with Gasteiger partial charge in [0.05, 0.1) is 12.1 Å². The molecular weight excluding hydrogens is 410 g/mol. The molecule has 1 amide bonds. The zero-order valence-electron chi connectivity index (χ0n) is 17.8. The maximum absolute atomic E-state index is 14.3. The van der Waals surface area contributed by atoms with Gasteiger partial charge in [-0.15, -0.1) is 0 Å². The van der Waals surface area contributed by atoms with Gasteiger partial charge in [-0.25, -0.2) is 22.5 Å². The molecule has 0 saturated heterocycles. The quantitative estimate of drug-likeness (QED) is 0.337. The van der Waals surface area contributed by atoms with Crippen molar-refractivity contribution in [2.75, 3.05) is 6.54 Å². The molecule has 3 aromatic rings. The largest absolute Gasteiger partial charge is 0.331 e. The van der Waals surface area contributed by atoms with E-state index >= 15 is 0 Å². The summed E-state index contributed by atoms with van der Waals surface area (Å²) in [6.07, 6.45) is 1.30. The first-order valence-corrected chi connectivity index (χ1v) is 10.3. The predicted octanol–water partition coefficient (Wildman–Crippen LogP) is 5.69. The van der Waals surface area contributed by atoms with Crippen LogP contribution < -0.4 is 0 Å². The lowest BCUT2D eigenvalue weighted by atomic mass is 10.1. The zero-order valence-corrected chi connectivity index (χ0v) is 17.8. The number of halogens is 4. The summed E-state index contributed by atoms with van der Waals surface area (Å²) in [5.74, 6) is -4.80. The van der Waals surface area contributed by atoms with E-state index in [1.165, 1.54) is 11.0 Å². The van der Waals surface area contributed by atoms with E-state index in [2.05, 4.69) is 4.98 Å². The third-order valence-electron chi connectivity index (χ3n) is 5.11. The molecule has 2 aromatic carbocycles. The van der Waals surface area contributed by atoms with E-state index in [4.69, 9.17) is 0 Å². The number of hydrogen-bond donors (Lipinski definition) is 0. The van der Waals surface area contributed by atoms with E-state index in [0.29, 0.717) is 30.4 Å².